The van der Waals surface area contributed by atoms with E-state index in [-0.39, 0.29) is 12.4 Å². The van der Waals surface area contributed by atoms with Gasteiger partial charge >= 0.3 is 0 Å². The molecule has 2 heterocycles. The molecule has 0 N–H and O–H groups in total. The summed E-state index contributed by atoms with van der Waals surface area (Å²) >= 11 is 0. The van der Waals surface area contributed by atoms with Crippen LogP contribution in [0.4, 0.5) is 0 Å². The lowest BCUT2D eigenvalue weighted by Crippen LogP contribution is -2.46. The lowest BCUT2D eigenvalue weighted by molar-refractivity contribution is 0.216. The van der Waals surface area contributed by atoms with Crippen molar-refractivity contribution in [3.8, 4) is 0 Å². The van der Waals surface area contributed by atoms with Crippen LogP contribution in [0.2, 0.25) is 0 Å². The van der Waals surface area contributed by atoms with Crippen LogP contribution in [0, 0.1) is 11.8 Å². The Hall–Kier alpha value is 0.120. The van der Waals surface area contributed by atoms with Gasteiger partial charge in [0.2, 0.25) is 0 Å². The molecule has 21 heavy (non-hydrogen) atoms. The Morgan fingerprint density at radius 1 is 1.00 bits per heavy atom. The summed E-state index contributed by atoms with van der Waals surface area (Å²) in [6, 6.07) is 0.328. The third kappa shape index (κ3) is 4.10. The number of piperidine rings is 1. The van der Waals surface area contributed by atoms with Gasteiger partial charge in [0, 0.05) is 32.2 Å². The molecule has 2 aliphatic heterocycles. The summed E-state index contributed by atoms with van der Waals surface area (Å²) in [7, 11) is 0.851. The molecule has 0 aliphatic carbocycles. The van der Waals surface area contributed by atoms with Gasteiger partial charge in [-0.15, -0.1) is 12.4 Å². The van der Waals surface area contributed by atoms with Gasteiger partial charge in [-0.3, -0.25) is 0 Å². The van der Waals surface area contributed by atoms with Crippen LogP contribution in [-0.2, 0) is 10.2 Å². The van der Waals surface area contributed by atoms with Gasteiger partial charge in [-0.05, 0) is 38.8 Å². The van der Waals surface area contributed by atoms with Crippen molar-refractivity contribution >= 4 is 22.6 Å². The van der Waals surface area contributed by atoms with Gasteiger partial charge in [0.25, 0.3) is 10.2 Å². The van der Waals surface area contributed by atoms with Crippen LogP contribution in [0.3, 0.4) is 0 Å². The van der Waals surface area contributed by atoms with Crippen LogP contribution < -0.4 is 0 Å². The third-order valence-corrected chi connectivity index (χ3v) is 6.76. The summed E-state index contributed by atoms with van der Waals surface area (Å²) in [4.78, 5) is 2.18. The second kappa shape index (κ2) is 7.59. The molecule has 0 bridgehead atoms. The van der Waals surface area contributed by atoms with E-state index < -0.39 is 10.2 Å². The van der Waals surface area contributed by atoms with Crippen LogP contribution in [0.1, 0.15) is 33.1 Å². The van der Waals surface area contributed by atoms with E-state index in [9.17, 15) is 8.42 Å². The molecular weight excluding hydrogens is 310 g/mol. The standard InChI is InChI=1S/C14H29N3O2S.ClH/c1-12(2)13-10-17(11-14(13)15(3)4)20(18,19)16-8-6-5-7-9-16;/h12-14H,5-11H2,1-4H3;1H/t13-,14+;/m1./s1. The van der Waals surface area contributed by atoms with Crippen molar-refractivity contribution in [2.24, 2.45) is 11.8 Å². The first-order valence-corrected chi connectivity index (χ1v) is 9.15. The Labute approximate surface area is 136 Å². The van der Waals surface area contributed by atoms with Crippen LogP contribution >= 0.6 is 12.4 Å². The molecule has 5 nitrogen and oxygen atoms in total. The topological polar surface area (TPSA) is 43.9 Å². The van der Waals surface area contributed by atoms with E-state index >= 15 is 0 Å². The van der Waals surface area contributed by atoms with E-state index in [1.807, 2.05) is 0 Å². The number of likely N-dealkylation sites (N-methyl/N-ethyl adjacent to an activating group) is 1. The summed E-state index contributed by atoms with van der Waals surface area (Å²) < 4.78 is 28.9. The minimum absolute atomic E-state index is 0. The summed E-state index contributed by atoms with van der Waals surface area (Å²) in [6.07, 6.45) is 3.15. The van der Waals surface area contributed by atoms with Gasteiger partial charge in [-0.25, -0.2) is 0 Å². The highest BCUT2D eigenvalue weighted by molar-refractivity contribution is 7.86. The lowest BCUT2D eigenvalue weighted by atomic mass is 9.91. The van der Waals surface area contributed by atoms with Gasteiger partial charge < -0.3 is 4.90 Å². The quantitative estimate of drug-likeness (QED) is 0.782. The minimum Gasteiger partial charge on any atom is -0.305 e. The Morgan fingerprint density at radius 2 is 1.57 bits per heavy atom. The van der Waals surface area contributed by atoms with E-state index in [1.54, 1.807) is 8.61 Å². The third-order valence-electron chi connectivity index (χ3n) is 4.79. The molecule has 0 amide bonds. The van der Waals surface area contributed by atoms with Crippen molar-refractivity contribution in [1.29, 1.82) is 0 Å². The predicted octanol–water partition coefficient (Wildman–Crippen LogP) is 1.66. The zero-order valence-corrected chi connectivity index (χ0v) is 15.3. The fraction of sp³-hybridized carbons (Fsp3) is 1.00. The molecule has 2 aliphatic rings. The molecule has 0 aromatic carbocycles. The zero-order valence-electron chi connectivity index (χ0n) is 13.7. The summed E-state index contributed by atoms with van der Waals surface area (Å²) in [5, 5.41) is 0. The molecule has 2 atom stereocenters. The molecule has 0 radical (unpaired) electrons. The number of halogens is 1. The van der Waals surface area contributed by atoms with Crippen molar-refractivity contribution < 1.29 is 8.42 Å². The minimum atomic E-state index is -3.25. The first kappa shape index (κ1) is 19.2. The first-order chi connectivity index (χ1) is 9.34. The summed E-state index contributed by atoms with van der Waals surface area (Å²) in [5.74, 6) is 0.925. The smallest absolute Gasteiger partial charge is 0.282 e. The average Bonchev–Trinajstić information content (AvgIpc) is 2.85. The molecule has 0 unspecified atom stereocenters. The number of hydrogen-bond donors (Lipinski definition) is 0. The van der Waals surface area contributed by atoms with E-state index in [0.717, 1.165) is 19.3 Å². The maximum absolute atomic E-state index is 12.8. The lowest BCUT2D eigenvalue weighted by Gasteiger charge is -2.30. The van der Waals surface area contributed by atoms with Gasteiger partial charge in [0.15, 0.2) is 0 Å². The maximum atomic E-state index is 12.8. The Kier molecular flexibility index (Phi) is 6.93. The van der Waals surface area contributed by atoms with Crippen LogP contribution in [0.5, 0.6) is 0 Å². The van der Waals surface area contributed by atoms with E-state index in [0.29, 0.717) is 44.1 Å². The highest BCUT2D eigenvalue weighted by atomic mass is 35.5. The molecule has 2 rings (SSSR count). The fourth-order valence-electron chi connectivity index (χ4n) is 3.42. The summed E-state index contributed by atoms with van der Waals surface area (Å²) in [6.45, 7) is 7.07. The monoisotopic (exact) mass is 339 g/mol. The second-order valence-corrected chi connectivity index (χ2v) is 8.65. The van der Waals surface area contributed by atoms with Crippen molar-refractivity contribution in [1.82, 2.24) is 13.5 Å². The van der Waals surface area contributed by atoms with Crippen LogP contribution in [0.15, 0.2) is 0 Å². The molecule has 0 saturated carbocycles. The van der Waals surface area contributed by atoms with Crippen molar-refractivity contribution in [3.05, 3.63) is 0 Å². The Morgan fingerprint density at radius 3 is 2.00 bits per heavy atom. The molecule has 7 heteroatoms. The van der Waals surface area contributed by atoms with Crippen molar-refractivity contribution in [2.45, 2.75) is 39.2 Å². The van der Waals surface area contributed by atoms with Gasteiger partial charge in [-0.2, -0.15) is 17.0 Å². The number of nitrogens with zero attached hydrogens (tertiary/aromatic N) is 3. The van der Waals surface area contributed by atoms with Gasteiger partial charge in [0.05, 0.1) is 0 Å². The fourth-order valence-corrected chi connectivity index (χ4v) is 5.17. The number of hydrogen-bond acceptors (Lipinski definition) is 3. The largest absolute Gasteiger partial charge is 0.305 e. The zero-order chi connectivity index (χ0) is 14.9. The van der Waals surface area contributed by atoms with E-state index in [1.165, 1.54) is 0 Å². The number of rotatable bonds is 4. The second-order valence-electron chi connectivity index (χ2n) is 6.72. The Bertz CT molecular complexity index is 406. The highest BCUT2D eigenvalue weighted by Crippen LogP contribution is 2.30. The van der Waals surface area contributed by atoms with Crippen molar-refractivity contribution in [2.75, 3.05) is 40.3 Å². The molecular formula is C14H30ClN3O2S. The molecule has 126 valence electrons. The van der Waals surface area contributed by atoms with Crippen LogP contribution in [-0.4, -0.2) is 68.2 Å². The molecule has 2 fully saturated rings. The maximum Gasteiger partial charge on any atom is 0.282 e. The van der Waals surface area contributed by atoms with Gasteiger partial charge in [0.1, 0.15) is 0 Å². The van der Waals surface area contributed by atoms with E-state index in [2.05, 4.69) is 32.8 Å². The summed E-state index contributed by atoms with van der Waals surface area (Å²) in [5.41, 5.74) is 0. The highest BCUT2D eigenvalue weighted by Gasteiger charge is 2.43. The molecule has 0 aromatic heterocycles. The molecule has 0 aromatic rings. The average molecular weight is 340 g/mol. The predicted molar refractivity (Wildman–Crippen MR) is 89.0 cm³/mol. The Balaban J connectivity index is 0.00000220. The molecule has 2 saturated heterocycles. The van der Waals surface area contributed by atoms with Crippen LogP contribution in [0.25, 0.3) is 0 Å². The first-order valence-electron chi connectivity index (χ1n) is 7.75. The molecule has 0 spiro atoms. The van der Waals surface area contributed by atoms with E-state index in [4.69, 9.17) is 0 Å². The van der Waals surface area contributed by atoms with Gasteiger partial charge in [-0.1, -0.05) is 20.3 Å². The normalized spacial score (nSPS) is 29.0. The van der Waals surface area contributed by atoms with Crippen molar-refractivity contribution in [3.63, 3.8) is 0 Å². The SMILES string of the molecule is CC(C)[C@H]1CN(S(=O)(=O)N2CCCCC2)C[C@@H]1N(C)C.Cl.